The highest BCUT2D eigenvalue weighted by Gasteiger charge is 2.47. The molecule has 0 N–H and O–H groups in total. The minimum absolute atomic E-state index is 0.0158. The molecule has 4 rings (SSSR count). The highest BCUT2D eigenvalue weighted by Crippen LogP contribution is 2.49. The molecule has 124 valence electrons. The molecule has 1 aromatic carbocycles. The van der Waals surface area contributed by atoms with Gasteiger partial charge in [-0.15, -0.1) is 0 Å². The summed E-state index contributed by atoms with van der Waals surface area (Å²) in [4.78, 5) is 18.5. The van der Waals surface area contributed by atoms with Crippen LogP contribution < -0.4 is 4.74 Å². The van der Waals surface area contributed by atoms with Crippen molar-refractivity contribution in [2.45, 2.75) is 24.9 Å². The normalized spacial score (nSPS) is 25.5. The Kier molecular flexibility index (Phi) is 3.92. The van der Waals surface area contributed by atoms with Crippen molar-refractivity contribution >= 4 is 5.91 Å². The van der Waals surface area contributed by atoms with Crippen LogP contribution in [0.1, 0.15) is 24.3 Å². The number of hydrogen-bond acceptors (Lipinski definition) is 3. The molecule has 2 fully saturated rings. The number of halogens is 1. The third kappa shape index (κ3) is 2.98. The monoisotopic (exact) mass is 326 g/mol. The van der Waals surface area contributed by atoms with E-state index in [2.05, 4.69) is 4.98 Å². The van der Waals surface area contributed by atoms with Gasteiger partial charge >= 0.3 is 0 Å². The molecular formula is C19H19FN2O2. The summed E-state index contributed by atoms with van der Waals surface area (Å²) >= 11 is 0. The Morgan fingerprint density at radius 1 is 1.21 bits per heavy atom. The van der Waals surface area contributed by atoms with Crippen LogP contribution in [0, 0.1) is 11.7 Å². The first-order chi connectivity index (χ1) is 11.7. The van der Waals surface area contributed by atoms with E-state index in [1.165, 1.54) is 6.07 Å². The maximum absolute atomic E-state index is 13.8. The van der Waals surface area contributed by atoms with Crippen LogP contribution in [0.2, 0.25) is 0 Å². The van der Waals surface area contributed by atoms with Gasteiger partial charge in [0.05, 0.1) is 6.54 Å². The average molecular weight is 326 g/mol. The Labute approximate surface area is 140 Å². The summed E-state index contributed by atoms with van der Waals surface area (Å²) in [7, 11) is 0. The zero-order valence-corrected chi connectivity index (χ0v) is 13.3. The Hall–Kier alpha value is -2.43. The molecule has 2 aliphatic rings. The second kappa shape index (κ2) is 6.23. The van der Waals surface area contributed by atoms with E-state index in [0.717, 1.165) is 18.6 Å². The van der Waals surface area contributed by atoms with Crippen molar-refractivity contribution in [1.82, 2.24) is 9.88 Å². The quantitative estimate of drug-likeness (QED) is 0.867. The molecule has 2 heterocycles. The van der Waals surface area contributed by atoms with Crippen LogP contribution in [-0.4, -0.2) is 35.0 Å². The van der Waals surface area contributed by atoms with Gasteiger partial charge in [-0.1, -0.05) is 18.2 Å². The Balaban J connectivity index is 1.35. The van der Waals surface area contributed by atoms with Gasteiger partial charge in [0.15, 0.2) is 0 Å². The van der Waals surface area contributed by atoms with Crippen molar-refractivity contribution < 1.29 is 13.9 Å². The molecule has 0 spiro atoms. The Morgan fingerprint density at radius 3 is 2.79 bits per heavy atom. The number of carbonyl (C=O) groups excluding carboxylic acids is 1. The molecule has 1 amide bonds. The van der Waals surface area contributed by atoms with E-state index < -0.39 is 0 Å². The number of ether oxygens (including phenoxy) is 1. The van der Waals surface area contributed by atoms with Crippen LogP contribution in [-0.2, 0) is 4.79 Å². The lowest BCUT2D eigenvalue weighted by atomic mass is 10.1. The molecule has 3 atom stereocenters. The Bertz CT molecular complexity index is 737. The summed E-state index contributed by atoms with van der Waals surface area (Å²) in [6.45, 7) is 1.30. The number of aromatic nitrogens is 1. The lowest BCUT2D eigenvalue weighted by Gasteiger charge is -2.17. The standard InChI is InChI=1S/C19H19FN2O2/c20-18-4-2-1-3-15(18)16-11-17(16)19(23)22-10-7-14(12-22)24-13-5-8-21-9-6-13/h1-6,8-9,14,16-17H,7,10-12H2/t14-,16+,17-/m1/s1. The summed E-state index contributed by atoms with van der Waals surface area (Å²) in [6.07, 6.45) is 4.96. The molecule has 4 nitrogen and oxygen atoms in total. The SMILES string of the molecule is O=C([C@@H]1C[C@H]1c1ccccc1F)N1CC[C@@H](Oc2ccncc2)C1. The van der Waals surface area contributed by atoms with Crippen LogP contribution >= 0.6 is 0 Å². The zero-order chi connectivity index (χ0) is 16.5. The minimum atomic E-state index is -0.210. The molecule has 0 unspecified atom stereocenters. The number of amides is 1. The number of nitrogens with zero attached hydrogens (tertiary/aromatic N) is 2. The zero-order valence-electron chi connectivity index (χ0n) is 13.3. The van der Waals surface area contributed by atoms with Crippen molar-refractivity contribution in [3.8, 4) is 5.75 Å². The second-order valence-corrected chi connectivity index (χ2v) is 6.47. The number of rotatable bonds is 4. The van der Waals surface area contributed by atoms with Gasteiger partial charge in [-0.25, -0.2) is 4.39 Å². The number of hydrogen-bond donors (Lipinski definition) is 0. The predicted molar refractivity (Wildman–Crippen MR) is 87.1 cm³/mol. The van der Waals surface area contributed by atoms with E-state index in [4.69, 9.17) is 4.74 Å². The van der Waals surface area contributed by atoms with Gasteiger partial charge in [-0.3, -0.25) is 9.78 Å². The van der Waals surface area contributed by atoms with Crippen LogP contribution in [0.5, 0.6) is 5.75 Å². The highest BCUT2D eigenvalue weighted by molar-refractivity contribution is 5.83. The van der Waals surface area contributed by atoms with E-state index >= 15 is 0 Å². The second-order valence-electron chi connectivity index (χ2n) is 6.47. The highest BCUT2D eigenvalue weighted by atomic mass is 19.1. The molecule has 1 aliphatic heterocycles. The van der Waals surface area contributed by atoms with Gasteiger partial charge in [0.2, 0.25) is 5.91 Å². The van der Waals surface area contributed by atoms with E-state index in [1.807, 2.05) is 23.1 Å². The molecule has 24 heavy (non-hydrogen) atoms. The fraction of sp³-hybridized carbons (Fsp3) is 0.368. The number of likely N-dealkylation sites (tertiary alicyclic amines) is 1. The van der Waals surface area contributed by atoms with Crippen molar-refractivity contribution in [2.24, 2.45) is 5.92 Å². The molecule has 5 heteroatoms. The third-order valence-electron chi connectivity index (χ3n) is 4.82. The van der Waals surface area contributed by atoms with E-state index in [0.29, 0.717) is 18.7 Å². The molecule has 1 aliphatic carbocycles. The number of pyridine rings is 1. The molecule has 0 radical (unpaired) electrons. The fourth-order valence-electron chi connectivity index (χ4n) is 3.46. The molecule has 2 aromatic rings. The van der Waals surface area contributed by atoms with Gasteiger partial charge in [-0.05, 0) is 36.1 Å². The van der Waals surface area contributed by atoms with Crippen molar-refractivity contribution in [1.29, 1.82) is 0 Å². The smallest absolute Gasteiger partial charge is 0.226 e. The van der Waals surface area contributed by atoms with Crippen LogP contribution in [0.15, 0.2) is 48.8 Å². The van der Waals surface area contributed by atoms with Crippen molar-refractivity contribution in [2.75, 3.05) is 13.1 Å². The summed E-state index contributed by atoms with van der Waals surface area (Å²) in [5, 5.41) is 0. The van der Waals surface area contributed by atoms with Gasteiger partial charge in [0, 0.05) is 31.3 Å². The molecular weight excluding hydrogens is 307 g/mol. The molecule has 1 saturated heterocycles. The first-order valence-corrected chi connectivity index (χ1v) is 8.32. The van der Waals surface area contributed by atoms with Crippen LogP contribution in [0.3, 0.4) is 0 Å². The number of benzene rings is 1. The third-order valence-corrected chi connectivity index (χ3v) is 4.82. The number of carbonyl (C=O) groups is 1. The van der Waals surface area contributed by atoms with Crippen molar-refractivity contribution in [3.63, 3.8) is 0 Å². The average Bonchev–Trinajstić information content (AvgIpc) is 3.26. The van der Waals surface area contributed by atoms with E-state index in [-0.39, 0.29) is 29.7 Å². The molecule has 0 bridgehead atoms. The van der Waals surface area contributed by atoms with Gasteiger partial charge < -0.3 is 9.64 Å². The summed E-state index contributed by atoms with van der Waals surface area (Å²) < 4.78 is 19.7. The van der Waals surface area contributed by atoms with Gasteiger partial charge in [0.25, 0.3) is 0 Å². The Morgan fingerprint density at radius 2 is 2.00 bits per heavy atom. The first kappa shape index (κ1) is 15.1. The predicted octanol–water partition coefficient (Wildman–Crippen LogP) is 3.00. The molecule has 1 saturated carbocycles. The maximum atomic E-state index is 13.8. The van der Waals surface area contributed by atoms with E-state index in [9.17, 15) is 9.18 Å². The van der Waals surface area contributed by atoms with Crippen LogP contribution in [0.4, 0.5) is 4.39 Å². The topological polar surface area (TPSA) is 42.4 Å². The van der Waals surface area contributed by atoms with Crippen LogP contribution in [0.25, 0.3) is 0 Å². The van der Waals surface area contributed by atoms with Gasteiger partial charge in [-0.2, -0.15) is 0 Å². The van der Waals surface area contributed by atoms with E-state index in [1.54, 1.807) is 24.5 Å². The molecule has 1 aromatic heterocycles. The summed E-state index contributed by atoms with van der Waals surface area (Å²) in [5.41, 5.74) is 0.666. The lowest BCUT2D eigenvalue weighted by Crippen LogP contribution is -2.32. The lowest BCUT2D eigenvalue weighted by molar-refractivity contribution is -0.131. The maximum Gasteiger partial charge on any atom is 0.226 e. The minimum Gasteiger partial charge on any atom is -0.488 e. The summed E-state index contributed by atoms with van der Waals surface area (Å²) in [6, 6.07) is 10.4. The van der Waals surface area contributed by atoms with Crippen molar-refractivity contribution in [3.05, 3.63) is 60.2 Å². The van der Waals surface area contributed by atoms with Gasteiger partial charge in [0.1, 0.15) is 17.7 Å². The summed E-state index contributed by atoms with van der Waals surface area (Å²) in [5.74, 6) is 0.641. The first-order valence-electron chi connectivity index (χ1n) is 8.32. The fourth-order valence-corrected chi connectivity index (χ4v) is 3.46. The largest absolute Gasteiger partial charge is 0.488 e.